The molecule has 0 aliphatic carbocycles. The third-order valence-corrected chi connectivity index (χ3v) is 4.25. The molecule has 0 atom stereocenters. The van der Waals surface area contributed by atoms with Crippen molar-refractivity contribution < 1.29 is 4.42 Å². The van der Waals surface area contributed by atoms with Crippen molar-refractivity contribution in [2.45, 2.75) is 0 Å². The Morgan fingerprint density at radius 2 is 1.86 bits per heavy atom. The molecule has 0 aliphatic rings. The van der Waals surface area contributed by atoms with Gasteiger partial charge in [-0.05, 0) is 30.3 Å². The van der Waals surface area contributed by atoms with Crippen LogP contribution in [0.25, 0.3) is 33.6 Å². The minimum absolute atomic E-state index is 0.446. The van der Waals surface area contributed by atoms with Gasteiger partial charge in [-0.15, -0.1) is 0 Å². The van der Waals surface area contributed by atoms with Crippen molar-refractivity contribution in [3.8, 4) is 22.7 Å². The average molecular weight is 366 g/mol. The first-order valence-electron chi connectivity index (χ1n) is 8.66. The predicted octanol–water partition coefficient (Wildman–Crippen LogP) is 4.49. The number of aromatic nitrogens is 5. The standard InChI is InChI=1S/C21H14N6O/c1-2-5-17-14(4-1)10-15(11-23-17)26-21-24-12-16(18-7-8-22-13-25-18)20(27-21)19-6-3-9-28-19/h1-13H,(H,24,26,27). The summed E-state index contributed by atoms with van der Waals surface area (Å²) in [6.45, 7) is 0. The van der Waals surface area contributed by atoms with E-state index in [4.69, 9.17) is 4.42 Å². The molecule has 1 aromatic carbocycles. The summed E-state index contributed by atoms with van der Waals surface area (Å²) >= 11 is 0. The van der Waals surface area contributed by atoms with Gasteiger partial charge in [0, 0.05) is 23.3 Å². The van der Waals surface area contributed by atoms with Crippen molar-refractivity contribution in [3.05, 3.63) is 79.7 Å². The van der Waals surface area contributed by atoms with Crippen LogP contribution < -0.4 is 5.32 Å². The Morgan fingerprint density at radius 1 is 0.893 bits per heavy atom. The van der Waals surface area contributed by atoms with E-state index in [9.17, 15) is 0 Å². The zero-order chi connectivity index (χ0) is 18.8. The van der Waals surface area contributed by atoms with Crippen molar-refractivity contribution in [3.63, 3.8) is 0 Å². The molecule has 0 fully saturated rings. The Morgan fingerprint density at radius 3 is 2.71 bits per heavy atom. The lowest BCUT2D eigenvalue weighted by molar-refractivity contribution is 0.580. The molecule has 0 bridgehead atoms. The number of rotatable bonds is 4. The SMILES string of the molecule is c1coc(-c2nc(Nc3cnc4ccccc4c3)ncc2-c2ccncn2)c1. The van der Waals surface area contributed by atoms with Gasteiger partial charge in [0.1, 0.15) is 12.0 Å². The quantitative estimate of drug-likeness (QED) is 0.501. The predicted molar refractivity (Wildman–Crippen MR) is 106 cm³/mol. The maximum atomic E-state index is 5.57. The topological polar surface area (TPSA) is 89.6 Å². The Hall–Kier alpha value is -4.13. The number of anilines is 2. The number of fused-ring (bicyclic) bond motifs is 1. The molecule has 0 spiro atoms. The Bertz CT molecular complexity index is 1240. The van der Waals surface area contributed by atoms with Crippen LogP contribution >= 0.6 is 0 Å². The van der Waals surface area contributed by atoms with E-state index >= 15 is 0 Å². The van der Waals surface area contributed by atoms with E-state index in [0.29, 0.717) is 17.4 Å². The van der Waals surface area contributed by atoms with Gasteiger partial charge < -0.3 is 9.73 Å². The number of furan rings is 1. The number of hydrogen-bond donors (Lipinski definition) is 1. The number of nitrogens with one attached hydrogen (secondary N) is 1. The van der Waals surface area contributed by atoms with E-state index in [0.717, 1.165) is 27.8 Å². The molecule has 5 aromatic rings. The summed E-state index contributed by atoms with van der Waals surface area (Å²) in [6.07, 6.45) is 8.28. The van der Waals surface area contributed by atoms with Gasteiger partial charge in [-0.2, -0.15) is 0 Å². The first-order chi connectivity index (χ1) is 13.9. The lowest BCUT2D eigenvalue weighted by atomic mass is 10.1. The van der Waals surface area contributed by atoms with Crippen molar-refractivity contribution in [1.82, 2.24) is 24.9 Å². The molecule has 0 unspecified atom stereocenters. The molecule has 0 amide bonds. The van der Waals surface area contributed by atoms with Crippen LogP contribution in [0.3, 0.4) is 0 Å². The molecule has 0 saturated carbocycles. The van der Waals surface area contributed by atoms with Gasteiger partial charge in [0.05, 0.1) is 29.4 Å². The zero-order valence-electron chi connectivity index (χ0n) is 14.6. The summed E-state index contributed by atoms with van der Waals surface area (Å²) in [6, 6.07) is 15.4. The molecule has 0 radical (unpaired) electrons. The van der Waals surface area contributed by atoms with Crippen LogP contribution in [0.1, 0.15) is 0 Å². The molecule has 28 heavy (non-hydrogen) atoms. The van der Waals surface area contributed by atoms with Crippen LogP contribution in [0, 0.1) is 0 Å². The number of hydrogen-bond acceptors (Lipinski definition) is 7. The first kappa shape index (κ1) is 16.1. The first-order valence-corrected chi connectivity index (χ1v) is 8.66. The normalized spacial score (nSPS) is 10.9. The van der Waals surface area contributed by atoms with Gasteiger partial charge in [0.25, 0.3) is 0 Å². The molecule has 4 aromatic heterocycles. The third kappa shape index (κ3) is 3.05. The second-order valence-electron chi connectivity index (χ2n) is 6.07. The molecule has 0 aliphatic heterocycles. The van der Waals surface area contributed by atoms with Crippen LogP contribution in [0.2, 0.25) is 0 Å². The lowest BCUT2D eigenvalue weighted by Crippen LogP contribution is -2.01. The number of nitrogens with zero attached hydrogens (tertiary/aromatic N) is 5. The van der Waals surface area contributed by atoms with E-state index in [1.807, 2.05) is 48.5 Å². The van der Waals surface area contributed by atoms with Crippen LogP contribution in [0.5, 0.6) is 0 Å². The molecular formula is C21H14N6O. The van der Waals surface area contributed by atoms with E-state index in [1.54, 1.807) is 24.9 Å². The van der Waals surface area contributed by atoms with E-state index in [-0.39, 0.29) is 0 Å². The highest BCUT2D eigenvalue weighted by Gasteiger charge is 2.15. The highest BCUT2D eigenvalue weighted by atomic mass is 16.3. The highest BCUT2D eigenvalue weighted by molar-refractivity contribution is 5.82. The molecule has 0 saturated heterocycles. The minimum atomic E-state index is 0.446. The van der Waals surface area contributed by atoms with Crippen LogP contribution in [0.4, 0.5) is 11.6 Å². The van der Waals surface area contributed by atoms with Gasteiger partial charge in [-0.25, -0.2) is 19.9 Å². The van der Waals surface area contributed by atoms with Gasteiger partial charge >= 0.3 is 0 Å². The number of benzene rings is 1. The monoisotopic (exact) mass is 366 g/mol. The third-order valence-electron chi connectivity index (χ3n) is 4.25. The van der Waals surface area contributed by atoms with E-state index in [1.165, 1.54) is 6.33 Å². The fraction of sp³-hybridized carbons (Fsp3) is 0. The zero-order valence-corrected chi connectivity index (χ0v) is 14.6. The minimum Gasteiger partial charge on any atom is -0.463 e. The van der Waals surface area contributed by atoms with Crippen LogP contribution in [0.15, 0.2) is 84.1 Å². The molecule has 1 N–H and O–H groups in total. The van der Waals surface area contributed by atoms with Gasteiger partial charge in [-0.3, -0.25) is 4.98 Å². The maximum Gasteiger partial charge on any atom is 0.227 e. The second-order valence-corrected chi connectivity index (χ2v) is 6.07. The summed E-state index contributed by atoms with van der Waals surface area (Å²) in [7, 11) is 0. The van der Waals surface area contributed by atoms with Crippen LogP contribution in [-0.4, -0.2) is 24.9 Å². The number of para-hydroxylation sites is 1. The van der Waals surface area contributed by atoms with Gasteiger partial charge in [0.15, 0.2) is 5.76 Å². The highest BCUT2D eigenvalue weighted by Crippen LogP contribution is 2.30. The molecule has 134 valence electrons. The molecule has 5 rings (SSSR count). The Labute approximate surface area is 160 Å². The van der Waals surface area contributed by atoms with Gasteiger partial charge in [-0.1, -0.05) is 18.2 Å². The molecular weight excluding hydrogens is 352 g/mol. The summed E-state index contributed by atoms with van der Waals surface area (Å²) < 4.78 is 5.57. The fourth-order valence-corrected chi connectivity index (χ4v) is 2.95. The lowest BCUT2D eigenvalue weighted by Gasteiger charge is -2.10. The van der Waals surface area contributed by atoms with Crippen molar-refractivity contribution in [2.75, 3.05) is 5.32 Å². The summed E-state index contributed by atoms with van der Waals surface area (Å²) in [5.74, 6) is 1.08. The van der Waals surface area contributed by atoms with Crippen LogP contribution in [-0.2, 0) is 0 Å². The van der Waals surface area contributed by atoms with Gasteiger partial charge in [0.2, 0.25) is 5.95 Å². The molecule has 7 nitrogen and oxygen atoms in total. The van der Waals surface area contributed by atoms with Crippen molar-refractivity contribution in [2.24, 2.45) is 0 Å². The Balaban J connectivity index is 1.56. The van der Waals surface area contributed by atoms with Crippen molar-refractivity contribution >= 4 is 22.5 Å². The fourth-order valence-electron chi connectivity index (χ4n) is 2.95. The van der Waals surface area contributed by atoms with Crippen molar-refractivity contribution in [1.29, 1.82) is 0 Å². The van der Waals surface area contributed by atoms with E-state index in [2.05, 4.69) is 30.2 Å². The average Bonchev–Trinajstić information content (AvgIpc) is 3.29. The summed E-state index contributed by atoms with van der Waals surface area (Å²) in [5, 5.41) is 4.26. The summed E-state index contributed by atoms with van der Waals surface area (Å²) in [5.41, 5.74) is 3.87. The summed E-state index contributed by atoms with van der Waals surface area (Å²) in [4.78, 5) is 21.8. The Kier molecular flexibility index (Phi) is 3.95. The maximum absolute atomic E-state index is 5.57. The second kappa shape index (κ2) is 6.88. The molecule has 7 heteroatoms. The number of pyridine rings is 1. The molecule has 4 heterocycles. The smallest absolute Gasteiger partial charge is 0.227 e. The largest absolute Gasteiger partial charge is 0.463 e. The van der Waals surface area contributed by atoms with E-state index < -0.39 is 0 Å².